The normalized spacial score (nSPS) is 21.9. The van der Waals surface area contributed by atoms with Crippen molar-refractivity contribution in [2.24, 2.45) is 5.16 Å². The minimum Gasteiger partial charge on any atom is -0.505 e. The van der Waals surface area contributed by atoms with Crippen molar-refractivity contribution < 1.29 is 29.4 Å². The highest BCUT2D eigenvalue weighted by Crippen LogP contribution is 2.55. The van der Waals surface area contributed by atoms with E-state index in [0.717, 1.165) is 29.3 Å². The van der Waals surface area contributed by atoms with E-state index in [9.17, 15) is 24.6 Å². The van der Waals surface area contributed by atoms with Gasteiger partial charge in [-0.15, -0.1) is 11.3 Å². The molecule has 4 heterocycles. The molecule has 0 saturated carbocycles. The van der Waals surface area contributed by atoms with Crippen molar-refractivity contribution in [2.75, 3.05) is 18.6 Å². The van der Waals surface area contributed by atoms with Crippen LogP contribution in [0.15, 0.2) is 45.2 Å². The van der Waals surface area contributed by atoms with Crippen LogP contribution < -0.4 is 11.1 Å². The Balaban J connectivity index is 1.88. The Morgan fingerprint density at radius 3 is 2.94 bits per heavy atom. The zero-order valence-electron chi connectivity index (χ0n) is 17.5. The fourth-order valence-electron chi connectivity index (χ4n) is 3.51. The predicted molar refractivity (Wildman–Crippen MR) is 126 cm³/mol. The molecule has 2 amide bonds. The number of anilines is 1. The first-order chi connectivity index (χ1) is 16.3. The van der Waals surface area contributed by atoms with Crippen LogP contribution in [0.4, 0.5) is 5.13 Å². The molecule has 0 radical (unpaired) electrons. The highest BCUT2D eigenvalue weighted by molar-refractivity contribution is 8.01. The van der Waals surface area contributed by atoms with E-state index in [0.29, 0.717) is 5.69 Å². The Labute approximate surface area is 205 Å². The molecule has 15 heteroatoms. The number of rotatable bonds is 8. The smallest absolute Gasteiger partial charge is 0.352 e. The van der Waals surface area contributed by atoms with Crippen LogP contribution in [-0.2, 0) is 24.1 Å². The van der Waals surface area contributed by atoms with Gasteiger partial charge in [-0.2, -0.15) is 0 Å². The number of hydrogen-bond donors (Lipinski definition) is 4. The maximum atomic E-state index is 12.8. The molecule has 12 nitrogen and oxygen atoms in total. The first-order valence-electron chi connectivity index (χ1n) is 9.60. The molecule has 2 aliphatic rings. The van der Waals surface area contributed by atoms with E-state index >= 15 is 0 Å². The van der Waals surface area contributed by atoms with Crippen molar-refractivity contribution >= 4 is 64.0 Å². The van der Waals surface area contributed by atoms with Crippen molar-refractivity contribution in [1.82, 2.24) is 20.2 Å². The maximum Gasteiger partial charge on any atom is 0.352 e. The minimum atomic E-state index is -1.49. The summed E-state index contributed by atoms with van der Waals surface area (Å²) in [6.07, 6.45) is 2.48. The molecule has 0 bridgehead atoms. The number of pyridine rings is 1. The fourth-order valence-corrected chi connectivity index (χ4v) is 6.94. The molecule has 1 fully saturated rings. The van der Waals surface area contributed by atoms with Gasteiger partial charge >= 0.3 is 5.97 Å². The van der Waals surface area contributed by atoms with Crippen LogP contribution >= 0.6 is 34.9 Å². The van der Waals surface area contributed by atoms with Gasteiger partial charge in [0.05, 0.1) is 17.5 Å². The number of β-lactam (4-membered cyclic amide) rings is 1. The minimum absolute atomic E-state index is 0.0468. The van der Waals surface area contributed by atoms with Crippen LogP contribution in [0.5, 0.6) is 5.75 Å². The number of aromatic nitrogens is 2. The molecule has 1 unspecified atom stereocenters. The molecule has 0 spiro atoms. The highest BCUT2D eigenvalue weighted by Gasteiger charge is 2.56. The third kappa shape index (κ3) is 4.28. The third-order valence-electron chi connectivity index (χ3n) is 4.93. The maximum absolute atomic E-state index is 12.8. The molecule has 0 aliphatic carbocycles. The molecule has 2 aromatic rings. The van der Waals surface area contributed by atoms with Crippen LogP contribution in [0.25, 0.3) is 0 Å². The highest BCUT2D eigenvalue weighted by atomic mass is 32.2. The predicted octanol–water partition coefficient (Wildman–Crippen LogP) is 1.16. The van der Waals surface area contributed by atoms with Gasteiger partial charge in [-0.25, -0.2) is 14.8 Å². The van der Waals surface area contributed by atoms with E-state index in [1.807, 2.05) is 0 Å². The number of carboxylic acid groups (broad SMARTS) is 1. The molecule has 0 aromatic carbocycles. The lowest BCUT2D eigenvalue weighted by atomic mass is 9.98. The lowest BCUT2D eigenvalue weighted by Crippen LogP contribution is -2.61. The van der Waals surface area contributed by atoms with Crippen LogP contribution in [0.3, 0.4) is 0 Å². The van der Waals surface area contributed by atoms with Crippen LogP contribution in [-0.4, -0.2) is 67.3 Å². The molecular weight excluding hydrogens is 504 g/mol. The lowest BCUT2D eigenvalue weighted by Gasteiger charge is -2.51. The van der Waals surface area contributed by atoms with Gasteiger partial charge in [0.25, 0.3) is 5.91 Å². The average molecular weight is 523 g/mol. The Morgan fingerprint density at radius 1 is 1.53 bits per heavy atom. The SMILES string of the molecule is CON=CC(=O)NC1(c2csc(N)n2)S[C@H]2CC(=O)N2C(C(=O)O)=C1CSc1ncccc1O. The number of thiazole rings is 1. The Morgan fingerprint density at radius 2 is 2.32 bits per heavy atom. The number of nitrogen functional groups attached to an aromatic ring is 1. The van der Waals surface area contributed by atoms with E-state index in [1.165, 1.54) is 36.0 Å². The number of nitrogens with one attached hydrogen (secondary N) is 1. The third-order valence-corrected chi connectivity index (χ3v) is 8.19. The van der Waals surface area contributed by atoms with Crippen molar-refractivity contribution in [3.63, 3.8) is 0 Å². The van der Waals surface area contributed by atoms with Gasteiger partial charge in [0.2, 0.25) is 5.91 Å². The largest absolute Gasteiger partial charge is 0.505 e. The Bertz CT molecular complexity index is 1220. The summed E-state index contributed by atoms with van der Waals surface area (Å²) in [7, 11) is 1.28. The second kappa shape index (κ2) is 9.52. The summed E-state index contributed by atoms with van der Waals surface area (Å²) in [5, 5.41) is 28.1. The number of carboxylic acids is 1. The summed E-state index contributed by atoms with van der Waals surface area (Å²) in [6, 6.07) is 3.00. The van der Waals surface area contributed by atoms with Gasteiger partial charge < -0.3 is 26.1 Å². The molecule has 2 atom stereocenters. The molecule has 5 N–H and O–H groups in total. The number of thioether (sulfide) groups is 2. The summed E-state index contributed by atoms with van der Waals surface area (Å²) in [6.45, 7) is 0. The summed E-state index contributed by atoms with van der Waals surface area (Å²) in [5.74, 6) is -2.50. The number of aromatic hydroxyl groups is 1. The zero-order chi connectivity index (χ0) is 24.5. The van der Waals surface area contributed by atoms with Gasteiger partial charge in [-0.3, -0.25) is 14.5 Å². The average Bonchev–Trinajstić information content (AvgIpc) is 3.23. The van der Waals surface area contributed by atoms with Crippen LogP contribution in [0, 0.1) is 0 Å². The van der Waals surface area contributed by atoms with E-state index in [2.05, 4.69) is 25.3 Å². The van der Waals surface area contributed by atoms with Crippen molar-refractivity contribution in [3.05, 3.63) is 40.7 Å². The van der Waals surface area contributed by atoms with E-state index in [-0.39, 0.29) is 45.3 Å². The van der Waals surface area contributed by atoms with Crippen molar-refractivity contribution in [1.29, 1.82) is 0 Å². The molecule has 4 rings (SSSR count). The number of carbonyl (C=O) groups excluding carboxylic acids is 2. The summed E-state index contributed by atoms with van der Waals surface area (Å²) >= 11 is 3.35. The number of aliphatic carboxylic acids is 1. The number of carbonyl (C=O) groups is 3. The fraction of sp³-hybridized carbons (Fsp3) is 0.263. The Kier molecular flexibility index (Phi) is 6.67. The second-order valence-corrected chi connectivity index (χ2v) is 10.2. The summed E-state index contributed by atoms with van der Waals surface area (Å²) < 4.78 is 0. The molecule has 2 aromatic heterocycles. The quantitative estimate of drug-likeness (QED) is 0.169. The summed E-state index contributed by atoms with van der Waals surface area (Å²) in [4.78, 5) is 50.3. The number of nitrogens with two attached hydrogens (primary N) is 1. The molecular formula is C19H18N6O6S3. The molecule has 178 valence electrons. The number of fused-ring (bicyclic) bond motifs is 1. The molecule has 2 aliphatic heterocycles. The molecule has 1 saturated heterocycles. The first-order valence-corrected chi connectivity index (χ1v) is 12.3. The van der Waals surface area contributed by atoms with Crippen molar-refractivity contribution in [3.8, 4) is 5.75 Å². The summed E-state index contributed by atoms with van der Waals surface area (Å²) in [5.41, 5.74) is 6.08. The van der Waals surface area contributed by atoms with Crippen LogP contribution in [0.1, 0.15) is 12.1 Å². The van der Waals surface area contributed by atoms with Gasteiger partial charge in [0.15, 0.2) is 10.0 Å². The van der Waals surface area contributed by atoms with E-state index in [1.54, 1.807) is 11.4 Å². The number of oxime groups is 1. The second-order valence-electron chi connectivity index (χ2n) is 6.95. The van der Waals surface area contributed by atoms with Crippen LogP contribution in [0.2, 0.25) is 0 Å². The number of nitrogens with zero attached hydrogens (tertiary/aromatic N) is 4. The topological polar surface area (TPSA) is 180 Å². The van der Waals surface area contributed by atoms with Gasteiger partial charge in [-0.1, -0.05) is 28.7 Å². The van der Waals surface area contributed by atoms with Gasteiger partial charge in [0, 0.05) is 22.9 Å². The van der Waals surface area contributed by atoms with Gasteiger partial charge in [0.1, 0.15) is 29.8 Å². The Hall–Kier alpha value is -3.30. The number of hydrogen-bond acceptors (Lipinski definition) is 12. The van der Waals surface area contributed by atoms with Crippen molar-refractivity contribution in [2.45, 2.75) is 21.7 Å². The first kappa shape index (κ1) is 23.8. The number of amides is 2. The monoisotopic (exact) mass is 522 g/mol. The van der Waals surface area contributed by atoms with Gasteiger partial charge in [-0.05, 0) is 12.1 Å². The van der Waals surface area contributed by atoms with E-state index < -0.39 is 22.1 Å². The zero-order valence-corrected chi connectivity index (χ0v) is 19.9. The standard InChI is InChI=1S/C19H18N6O6S3/c1-31-22-6-12(27)24-19(11-8-33-18(20)23-11)9(7-32-16-10(26)3-2-4-21-16)15(17(29)30)25-13(28)5-14(25)34-19/h2-4,6,8,14,26H,5,7H2,1H3,(H2,20,23)(H,24,27)(H,29,30)/t14-,19?/m0/s1. The van der Waals surface area contributed by atoms with E-state index in [4.69, 9.17) is 5.73 Å². The molecule has 34 heavy (non-hydrogen) atoms. The lowest BCUT2D eigenvalue weighted by molar-refractivity contribution is -0.146.